The van der Waals surface area contributed by atoms with Gasteiger partial charge >= 0.3 is 0 Å². The summed E-state index contributed by atoms with van der Waals surface area (Å²) in [6.07, 6.45) is 1.46. The first-order valence-electron chi connectivity index (χ1n) is 8.27. The molecule has 0 fully saturated rings. The predicted octanol–water partition coefficient (Wildman–Crippen LogP) is 4.26. The normalized spacial score (nSPS) is 12.7. The Morgan fingerprint density at radius 3 is 2.62 bits per heavy atom. The highest BCUT2D eigenvalue weighted by Gasteiger charge is 2.10. The van der Waals surface area contributed by atoms with Gasteiger partial charge in [-0.3, -0.25) is 0 Å². The molecule has 126 valence electrons. The molecule has 1 atom stereocenters. The zero-order valence-electron chi connectivity index (χ0n) is 14.5. The minimum atomic E-state index is -0.377. The second-order valence-electron chi connectivity index (χ2n) is 6.42. The minimum absolute atomic E-state index is 0.377. The van der Waals surface area contributed by atoms with Crippen LogP contribution in [0.2, 0.25) is 0 Å². The summed E-state index contributed by atoms with van der Waals surface area (Å²) >= 11 is 1.78. The summed E-state index contributed by atoms with van der Waals surface area (Å²) in [5, 5.41) is 10.4. The number of benzene rings is 2. The Kier molecular flexibility index (Phi) is 5.27. The highest BCUT2D eigenvalue weighted by molar-refractivity contribution is 7.98. The number of aliphatic hydroxyl groups is 1. The number of thioether (sulfide) groups is 1. The smallest absolute Gasteiger partial charge is 0.0959 e. The lowest BCUT2D eigenvalue weighted by atomic mass is 10.1. The molecular formula is C20H24N2OS. The average Bonchev–Trinajstić information content (AvgIpc) is 2.92. The maximum absolute atomic E-state index is 10.4. The summed E-state index contributed by atoms with van der Waals surface area (Å²) in [5.74, 6) is 1.66. The Morgan fingerprint density at radius 2 is 1.83 bits per heavy atom. The number of hydrogen-bond donors (Lipinski definition) is 1. The van der Waals surface area contributed by atoms with Gasteiger partial charge in [0.2, 0.25) is 0 Å². The SMILES string of the molecule is Cc1cc2ncn(C[C@H](O)CSCc3ccccc3C)c2cc1C. The van der Waals surface area contributed by atoms with Crippen LogP contribution in [-0.4, -0.2) is 26.5 Å². The lowest BCUT2D eigenvalue weighted by Crippen LogP contribution is -2.18. The summed E-state index contributed by atoms with van der Waals surface area (Å²) in [4.78, 5) is 4.46. The van der Waals surface area contributed by atoms with Gasteiger partial charge in [-0.15, -0.1) is 0 Å². The molecule has 0 aliphatic rings. The summed E-state index contributed by atoms with van der Waals surface area (Å²) < 4.78 is 2.06. The van der Waals surface area contributed by atoms with E-state index in [1.54, 1.807) is 11.8 Å². The van der Waals surface area contributed by atoms with E-state index in [4.69, 9.17) is 0 Å². The highest BCUT2D eigenvalue weighted by Crippen LogP contribution is 2.20. The van der Waals surface area contributed by atoms with Gasteiger partial charge in [0.05, 0.1) is 30.0 Å². The first-order valence-corrected chi connectivity index (χ1v) is 9.42. The molecule has 1 N–H and O–H groups in total. The molecule has 0 amide bonds. The molecule has 0 saturated carbocycles. The Morgan fingerprint density at radius 1 is 1.08 bits per heavy atom. The molecule has 0 spiro atoms. The second kappa shape index (κ2) is 7.41. The molecular weight excluding hydrogens is 316 g/mol. The largest absolute Gasteiger partial charge is 0.390 e. The molecule has 0 saturated heterocycles. The van der Waals surface area contributed by atoms with Crippen LogP contribution in [0.3, 0.4) is 0 Å². The molecule has 1 heterocycles. The van der Waals surface area contributed by atoms with E-state index in [2.05, 4.69) is 66.7 Å². The molecule has 0 radical (unpaired) electrons. The van der Waals surface area contributed by atoms with E-state index >= 15 is 0 Å². The van der Waals surface area contributed by atoms with Gasteiger partial charge in [0.15, 0.2) is 0 Å². The molecule has 1 aromatic heterocycles. The monoisotopic (exact) mass is 340 g/mol. The zero-order valence-corrected chi connectivity index (χ0v) is 15.3. The van der Waals surface area contributed by atoms with Crippen LogP contribution in [0.15, 0.2) is 42.7 Å². The van der Waals surface area contributed by atoms with Crippen LogP contribution in [0.25, 0.3) is 11.0 Å². The van der Waals surface area contributed by atoms with Gasteiger partial charge in [-0.25, -0.2) is 4.98 Å². The van der Waals surface area contributed by atoms with Crippen molar-refractivity contribution in [1.29, 1.82) is 0 Å². The quantitative estimate of drug-likeness (QED) is 0.729. The first-order chi connectivity index (χ1) is 11.5. The van der Waals surface area contributed by atoms with Crippen molar-refractivity contribution in [1.82, 2.24) is 9.55 Å². The van der Waals surface area contributed by atoms with Crippen LogP contribution in [0, 0.1) is 20.8 Å². The molecule has 4 heteroatoms. The van der Waals surface area contributed by atoms with Gasteiger partial charge < -0.3 is 9.67 Å². The molecule has 3 nitrogen and oxygen atoms in total. The number of hydrogen-bond acceptors (Lipinski definition) is 3. The average molecular weight is 340 g/mol. The van der Waals surface area contributed by atoms with E-state index in [9.17, 15) is 5.11 Å². The van der Waals surface area contributed by atoms with E-state index < -0.39 is 0 Å². The van der Waals surface area contributed by atoms with E-state index in [0.29, 0.717) is 6.54 Å². The molecule has 0 aliphatic carbocycles. The van der Waals surface area contributed by atoms with Crippen LogP contribution in [0.5, 0.6) is 0 Å². The van der Waals surface area contributed by atoms with Gasteiger partial charge in [-0.2, -0.15) is 11.8 Å². The minimum Gasteiger partial charge on any atom is -0.390 e. The van der Waals surface area contributed by atoms with Gasteiger partial charge in [0, 0.05) is 11.5 Å². The third kappa shape index (κ3) is 3.82. The maximum atomic E-state index is 10.4. The highest BCUT2D eigenvalue weighted by atomic mass is 32.2. The van der Waals surface area contributed by atoms with Gasteiger partial charge in [-0.05, 0) is 55.2 Å². The van der Waals surface area contributed by atoms with Crippen molar-refractivity contribution in [2.75, 3.05) is 5.75 Å². The van der Waals surface area contributed by atoms with Crippen LogP contribution < -0.4 is 0 Å². The Balaban J connectivity index is 1.60. The third-order valence-electron chi connectivity index (χ3n) is 4.47. The molecule has 3 aromatic rings. The van der Waals surface area contributed by atoms with E-state index in [-0.39, 0.29) is 6.10 Å². The van der Waals surface area contributed by atoms with Gasteiger partial charge in [0.25, 0.3) is 0 Å². The molecule has 0 bridgehead atoms. The molecule has 2 aromatic carbocycles. The Bertz CT molecular complexity index is 841. The van der Waals surface area contributed by atoms with Crippen LogP contribution in [0.4, 0.5) is 0 Å². The molecule has 0 unspecified atom stereocenters. The summed E-state index contributed by atoms with van der Waals surface area (Å²) in [7, 11) is 0. The number of aliphatic hydroxyl groups excluding tert-OH is 1. The Hall–Kier alpha value is -1.78. The number of fused-ring (bicyclic) bond motifs is 1. The topological polar surface area (TPSA) is 38.0 Å². The number of nitrogens with zero attached hydrogens (tertiary/aromatic N) is 2. The van der Waals surface area contributed by atoms with Crippen LogP contribution >= 0.6 is 11.8 Å². The van der Waals surface area contributed by atoms with Crippen molar-refractivity contribution in [3.8, 4) is 0 Å². The number of rotatable bonds is 6. The predicted molar refractivity (Wildman–Crippen MR) is 103 cm³/mol. The van der Waals surface area contributed by atoms with E-state index in [0.717, 1.165) is 22.5 Å². The van der Waals surface area contributed by atoms with Crippen molar-refractivity contribution in [2.45, 2.75) is 39.2 Å². The van der Waals surface area contributed by atoms with Crippen LogP contribution in [-0.2, 0) is 12.3 Å². The van der Waals surface area contributed by atoms with Gasteiger partial charge in [-0.1, -0.05) is 24.3 Å². The summed E-state index contributed by atoms with van der Waals surface area (Å²) in [5.41, 5.74) is 7.26. The lowest BCUT2D eigenvalue weighted by Gasteiger charge is -2.13. The third-order valence-corrected chi connectivity index (χ3v) is 5.61. The fourth-order valence-electron chi connectivity index (χ4n) is 2.82. The van der Waals surface area contributed by atoms with E-state index in [1.165, 1.54) is 22.3 Å². The second-order valence-corrected chi connectivity index (χ2v) is 7.45. The lowest BCUT2D eigenvalue weighted by molar-refractivity contribution is 0.179. The number of imidazole rings is 1. The summed E-state index contributed by atoms with van der Waals surface area (Å²) in [6, 6.07) is 12.7. The van der Waals surface area contributed by atoms with Crippen LogP contribution in [0.1, 0.15) is 22.3 Å². The van der Waals surface area contributed by atoms with Crippen molar-refractivity contribution in [3.05, 3.63) is 65.0 Å². The first kappa shape index (κ1) is 17.1. The van der Waals surface area contributed by atoms with Gasteiger partial charge in [0.1, 0.15) is 0 Å². The van der Waals surface area contributed by atoms with Crippen molar-refractivity contribution in [2.24, 2.45) is 0 Å². The zero-order chi connectivity index (χ0) is 17.1. The van der Waals surface area contributed by atoms with E-state index in [1.807, 2.05) is 6.33 Å². The Labute approximate surface area is 147 Å². The molecule has 0 aliphatic heterocycles. The molecule has 24 heavy (non-hydrogen) atoms. The molecule has 3 rings (SSSR count). The maximum Gasteiger partial charge on any atom is 0.0959 e. The van der Waals surface area contributed by atoms with Crippen molar-refractivity contribution < 1.29 is 5.11 Å². The standard InChI is InChI=1S/C20H24N2OS/c1-14-6-4-5-7-17(14)11-24-12-18(23)10-22-13-21-19-8-15(2)16(3)9-20(19)22/h4-9,13,18,23H,10-12H2,1-3H3/t18-/m0/s1. The van der Waals surface area contributed by atoms with Crippen molar-refractivity contribution in [3.63, 3.8) is 0 Å². The van der Waals surface area contributed by atoms with Crippen molar-refractivity contribution >= 4 is 22.8 Å². The summed E-state index contributed by atoms with van der Waals surface area (Å²) in [6.45, 7) is 6.93. The number of aryl methyl sites for hydroxylation is 3. The fourth-order valence-corrected chi connectivity index (χ4v) is 3.85. The number of aromatic nitrogens is 2. The fraction of sp³-hybridized carbons (Fsp3) is 0.350.